The molecule has 1 rings (SSSR count). The number of carbonyl (C=O) groups excluding carboxylic acids is 1. The van der Waals surface area contributed by atoms with Crippen molar-refractivity contribution in [2.24, 2.45) is 0 Å². The van der Waals surface area contributed by atoms with E-state index in [-0.39, 0.29) is 11.8 Å². The van der Waals surface area contributed by atoms with E-state index in [0.717, 1.165) is 0 Å². The number of hydrogen-bond acceptors (Lipinski definition) is 3. The number of carbonyl (C=O) groups is 1. The molecule has 1 aromatic rings. The molecule has 1 aromatic carbocycles. The normalized spacial score (nSPS) is 11.4. The van der Waals surface area contributed by atoms with E-state index in [2.05, 4.69) is 4.74 Å². The third-order valence-electron chi connectivity index (χ3n) is 2.23. The number of benzene rings is 1. The van der Waals surface area contributed by atoms with Gasteiger partial charge < -0.3 is 4.74 Å². The van der Waals surface area contributed by atoms with Crippen molar-refractivity contribution in [1.29, 1.82) is 0 Å². The highest BCUT2D eigenvalue weighted by atomic mass is 32.2. The number of hydrogen-bond donors (Lipinski definition) is 0. The molecule has 0 aliphatic heterocycles. The number of esters is 1. The third-order valence-corrected chi connectivity index (χ3v) is 3.21. The van der Waals surface area contributed by atoms with Crippen molar-refractivity contribution in [2.45, 2.75) is 18.2 Å². The minimum absolute atomic E-state index is 0.234. The maximum absolute atomic E-state index is 13.3. The van der Waals surface area contributed by atoms with E-state index in [0.29, 0.717) is 22.6 Å². The second kappa shape index (κ2) is 7.12. The molecule has 17 heavy (non-hydrogen) atoms. The summed E-state index contributed by atoms with van der Waals surface area (Å²) in [7, 11) is 1.36. The van der Waals surface area contributed by atoms with Crippen LogP contribution in [0.5, 0.6) is 0 Å². The van der Waals surface area contributed by atoms with Gasteiger partial charge in [-0.15, -0.1) is 11.8 Å². The molecule has 0 bridgehead atoms. The summed E-state index contributed by atoms with van der Waals surface area (Å²) in [4.78, 5) is 11.9. The Labute approximate surface area is 105 Å². The first-order valence-electron chi connectivity index (χ1n) is 5.33. The van der Waals surface area contributed by atoms with Crippen LogP contribution < -0.4 is 0 Å². The van der Waals surface area contributed by atoms with Gasteiger partial charge in [-0.1, -0.05) is 25.1 Å². The van der Waals surface area contributed by atoms with Gasteiger partial charge >= 0.3 is 5.97 Å². The van der Waals surface area contributed by atoms with Gasteiger partial charge in [0.25, 0.3) is 0 Å². The zero-order valence-corrected chi connectivity index (χ0v) is 10.7. The Morgan fingerprint density at radius 3 is 2.76 bits per heavy atom. The summed E-state index contributed by atoms with van der Waals surface area (Å²) in [5.74, 6) is 0.00259. The minimum Gasteiger partial charge on any atom is -0.466 e. The lowest BCUT2D eigenvalue weighted by molar-refractivity contribution is -0.136. The quantitative estimate of drug-likeness (QED) is 0.457. The van der Waals surface area contributed by atoms with E-state index >= 15 is 0 Å². The molecule has 0 radical (unpaired) electrons. The van der Waals surface area contributed by atoms with Crippen molar-refractivity contribution in [3.8, 4) is 0 Å². The van der Waals surface area contributed by atoms with Crippen molar-refractivity contribution in [3.05, 3.63) is 41.7 Å². The smallest absolute Gasteiger partial charge is 0.333 e. The van der Waals surface area contributed by atoms with Crippen molar-refractivity contribution in [2.75, 3.05) is 12.9 Å². The molecule has 0 atom stereocenters. The number of halogens is 1. The molecule has 0 heterocycles. The first kappa shape index (κ1) is 13.8. The number of rotatable bonds is 5. The lowest BCUT2D eigenvalue weighted by Gasteiger charge is -2.03. The predicted octanol–water partition coefficient (Wildman–Crippen LogP) is 3.43. The second-order valence-corrected chi connectivity index (χ2v) is 4.38. The minimum atomic E-state index is -0.318. The molecule has 0 aliphatic rings. The SMILES string of the molecule is CCC(=CCSc1ccccc1F)C(=O)OC. The highest BCUT2D eigenvalue weighted by Gasteiger charge is 2.06. The molecule has 4 heteroatoms. The van der Waals surface area contributed by atoms with Gasteiger partial charge in [0.1, 0.15) is 5.82 Å². The molecule has 0 spiro atoms. The van der Waals surface area contributed by atoms with Gasteiger partial charge in [0, 0.05) is 16.2 Å². The summed E-state index contributed by atoms with van der Waals surface area (Å²) in [5, 5.41) is 0. The largest absolute Gasteiger partial charge is 0.466 e. The van der Waals surface area contributed by atoms with Gasteiger partial charge in [-0.25, -0.2) is 9.18 Å². The van der Waals surface area contributed by atoms with E-state index < -0.39 is 0 Å². The summed E-state index contributed by atoms with van der Waals surface area (Å²) < 4.78 is 17.9. The van der Waals surface area contributed by atoms with E-state index in [1.54, 1.807) is 24.3 Å². The molecular weight excluding hydrogens is 239 g/mol. The van der Waals surface area contributed by atoms with Crippen LogP contribution in [0.3, 0.4) is 0 Å². The maximum Gasteiger partial charge on any atom is 0.333 e. The van der Waals surface area contributed by atoms with E-state index in [1.807, 2.05) is 6.92 Å². The Morgan fingerprint density at radius 2 is 2.18 bits per heavy atom. The summed E-state index contributed by atoms with van der Waals surface area (Å²) >= 11 is 1.36. The molecule has 0 aliphatic carbocycles. The average Bonchev–Trinajstić information content (AvgIpc) is 2.36. The molecule has 0 amide bonds. The molecule has 0 aromatic heterocycles. The molecule has 92 valence electrons. The average molecular weight is 254 g/mol. The van der Waals surface area contributed by atoms with Crippen LogP contribution in [0.2, 0.25) is 0 Å². The number of thioether (sulfide) groups is 1. The predicted molar refractivity (Wildman–Crippen MR) is 67.5 cm³/mol. The van der Waals surface area contributed by atoms with Crippen molar-refractivity contribution >= 4 is 17.7 Å². The Morgan fingerprint density at radius 1 is 1.47 bits per heavy atom. The van der Waals surface area contributed by atoms with Gasteiger partial charge in [-0.05, 0) is 18.6 Å². The zero-order valence-electron chi connectivity index (χ0n) is 9.90. The second-order valence-electron chi connectivity index (χ2n) is 3.32. The molecule has 2 nitrogen and oxygen atoms in total. The van der Waals surface area contributed by atoms with Crippen LogP contribution in [0.25, 0.3) is 0 Å². The maximum atomic E-state index is 13.3. The van der Waals surface area contributed by atoms with Gasteiger partial charge in [0.15, 0.2) is 0 Å². The van der Waals surface area contributed by atoms with Crippen molar-refractivity contribution < 1.29 is 13.9 Å². The van der Waals surface area contributed by atoms with Crippen LogP contribution in [0.1, 0.15) is 13.3 Å². The zero-order chi connectivity index (χ0) is 12.7. The topological polar surface area (TPSA) is 26.3 Å². The van der Waals surface area contributed by atoms with Crippen molar-refractivity contribution in [3.63, 3.8) is 0 Å². The fourth-order valence-corrected chi connectivity index (χ4v) is 2.14. The Kier molecular flexibility index (Phi) is 5.77. The highest BCUT2D eigenvalue weighted by molar-refractivity contribution is 7.99. The van der Waals surface area contributed by atoms with Crippen LogP contribution in [0, 0.1) is 5.82 Å². The molecule has 0 saturated carbocycles. The monoisotopic (exact) mass is 254 g/mol. The van der Waals surface area contributed by atoms with E-state index in [9.17, 15) is 9.18 Å². The lowest BCUT2D eigenvalue weighted by atomic mass is 10.2. The van der Waals surface area contributed by atoms with Gasteiger partial charge in [0.2, 0.25) is 0 Å². The van der Waals surface area contributed by atoms with Gasteiger partial charge in [-0.3, -0.25) is 0 Å². The van der Waals surface area contributed by atoms with Crippen LogP contribution in [0.4, 0.5) is 4.39 Å². The van der Waals surface area contributed by atoms with Crippen LogP contribution in [-0.2, 0) is 9.53 Å². The lowest BCUT2D eigenvalue weighted by Crippen LogP contribution is -2.04. The fourth-order valence-electron chi connectivity index (χ4n) is 1.30. The number of methoxy groups -OCH3 is 1. The Hall–Kier alpha value is -1.29. The Balaban J connectivity index is 2.59. The van der Waals surface area contributed by atoms with Gasteiger partial charge in [0.05, 0.1) is 7.11 Å². The molecular formula is C13H15FO2S. The van der Waals surface area contributed by atoms with E-state index in [4.69, 9.17) is 0 Å². The van der Waals surface area contributed by atoms with Crippen molar-refractivity contribution in [1.82, 2.24) is 0 Å². The molecule has 0 fully saturated rings. The molecule has 0 saturated heterocycles. The van der Waals surface area contributed by atoms with Crippen LogP contribution >= 0.6 is 11.8 Å². The van der Waals surface area contributed by atoms with E-state index in [1.165, 1.54) is 24.9 Å². The summed E-state index contributed by atoms with van der Waals surface area (Å²) in [6.07, 6.45) is 2.40. The first-order valence-corrected chi connectivity index (χ1v) is 6.32. The summed E-state index contributed by atoms with van der Waals surface area (Å²) in [6, 6.07) is 6.59. The highest BCUT2D eigenvalue weighted by Crippen LogP contribution is 2.21. The van der Waals surface area contributed by atoms with Crippen LogP contribution in [0.15, 0.2) is 40.8 Å². The first-order chi connectivity index (χ1) is 8.19. The van der Waals surface area contributed by atoms with Crippen LogP contribution in [-0.4, -0.2) is 18.8 Å². The summed E-state index contributed by atoms with van der Waals surface area (Å²) in [6.45, 7) is 1.89. The summed E-state index contributed by atoms with van der Waals surface area (Å²) in [5.41, 5.74) is 0.622. The fraction of sp³-hybridized carbons (Fsp3) is 0.308. The number of ether oxygens (including phenoxy) is 1. The molecule has 0 unspecified atom stereocenters. The Bertz CT molecular complexity index is 416. The van der Waals surface area contributed by atoms with Gasteiger partial charge in [-0.2, -0.15) is 0 Å². The molecule has 0 N–H and O–H groups in total. The standard InChI is InChI=1S/C13H15FO2S/c1-3-10(13(15)16-2)8-9-17-12-7-5-4-6-11(12)14/h4-8H,3,9H2,1-2H3. The third kappa shape index (κ3) is 4.23.